The van der Waals surface area contributed by atoms with Crippen molar-refractivity contribution >= 4 is 17.1 Å². The molecule has 1 heterocycles. The first-order chi connectivity index (χ1) is 7.31. The van der Waals surface area contributed by atoms with Crippen molar-refractivity contribution in [2.45, 2.75) is 19.3 Å². The molecule has 1 aliphatic heterocycles. The summed E-state index contributed by atoms with van der Waals surface area (Å²) in [5.41, 5.74) is 9.20. The SMILES string of the molecule is CNc1ccc(N)c(N2CCCCC2)c1. The van der Waals surface area contributed by atoms with Crippen LogP contribution < -0.4 is 16.0 Å². The molecule has 15 heavy (non-hydrogen) atoms. The van der Waals surface area contributed by atoms with E-state index in [1.807, 2.05) is 19.2 Å². The Morgan fingerprint density at radius 3 is 2.60 bits per heavy atom. The van der Waals surface area contributed by atoms with Crippen molar-refractivity contribution in [3.8, 4) is 0 Å². The molecule has 1 aliphatic rings. The van der Waals surface area contributed by atoms with Gasteiger partial charge in [-0.15, -0.1) is 0 Å². The van der Waals surface area contributed by atoms with E-state index in [2.05, 4.69) is 16.3 Å². The molecule has 3 heteroatoms. The minimum absolute atomic E-state index is 0.885. The lowest BCUT2D eigenvalue weighted by Gasteiger charge is -2.30. The summed E-state index contributed by atoms with van der Waals surface area (Å²) in [6, 6.07) is 6.14. The number of nitrogens with two attached hydrogens (primary N) is 1. The topological polar surface area (TPSA) is 41.3 Å². The predicted molar refractivity (Wildman–Crippen MR) is 66.5 cm³/mol. The van der Waals surface area contributed by atoms with E-state index in [1.54, 1.807) is 0 Å². The maximum absolute atomic E-state index is 6.01. The van der Waals surface area contributed by atoms with E-state index >= 15 is 0 Å². The van der Waals surface area contributed by atoms with Crippen molar-refractivity contribution in [3.05, 3.63) is 18.2 Å². The van der Waals surface area contributed by atoms with Gasteiger partial charge in [-0.2, -0.15) is 0 Å². The first-order valence-corrected chi connectivity index (χ1v) is 5.63. The molecule has 1 saturated heterocycles. The van der Waals surface area contributed by atoms with Crippen molar-refractivity contribution in [3.63, 3.8) is 0 Å². The molecule has 1 fully saturated rings. The minimum atomic E-state index is 0.885. The van der Waals surface area contributed by atoms with Gasteiger partial charge in [0.15, 0.2) is 0 Å². The largest absolute Gasteiger partial charge is 0.397 e. The number of rotatable bonds is 2. The molecule has 1 aromatic rings. The lowest BCUT2D eigenvalue weighted by molar-refractivity contribution is 0.578. The van der Waals surface area contributed by atoms with Gasteiger partial charge in [0.2, 0.25) is 0 Å². The van der Waals surface area contributed by atoms with Gasteiger partial charge in [-0.3, -0.25) is 0 Å². The van der Waals surface area contributed by atoms with Crippen LogP contribution in [0.2, 0.25) is 0 Å². The van der Waals surface area contributed by atoms with Crippen LogP contribution in [-0.2, 0) is 0 Å². The number of nitrogen functional groups attached to an aromatic ring is 1. The van der Waals surface area contributed by atoms with Crippen LogP contribution in [0.15, 0.2) is 18.2 Å². The number of hydrogen-bond donors (Lipinski definition) is 2. The highest BCUT2D eigenvalue weighted by Gasteiger charge is 2.13. The summed E-state index contributed by atoms with van der Waals surface area (Å²) < 4.78 is 0. The van der Waals surface area contributed by atoms with Gasteiger partial charge in [0.1, 0.15) is 0 Å². The Bertz CT molecular complexity index is 330. The molecule has 0 amide bonds. The molecule has 1 aromatic carbocycles. The van der Waals surface area contributed by atoms with Crippen molar-refractivity contribution in [1.82, 2.24) is 0 Å². The van der Waals surface area contributed by atoms with Crippen LogP contribution >= 0.6 is 0 Å². The van der Waals surface area contributed by atoms with Crippen molar-refractivity contribution in [2.24, 2.45) is 0 Å². The van der Waals surface area contributed by atoms with Crippen molar-refractivity contribution in [2.75, 3.05) is 36.1 Å². The minimum Gasteiger partial charge on any atom is -0.397 e. The molecule has 0 unspecified atom stereocenters. The fraction of sp³-hybridized carbons (Fsp3) is 0.500. The van der Waals surface area contributed by atoms with E-state index < -0.39 is 0 Å². The number of hydrogen-bond acceptors (Lipinski definition) is 3. The molecule has 82 valence electrons. The predicted octanol–water partition coefficient (Wildman–Crippen LogP) is 2.30. The third-order valence-electron chi connectivity index (χ3n) is 3.02. The van der Waals surface area contributed by atoms with E-state index in [1.165, 1.54) is 24.9 Å². The highest BCUT2D eigenvalue weighted by molar-refractivity contribution is 5.72. The third kappa shape index (κ3) is 2.17. The Labute approximate surface area is 91.3 Å². The van der Waals surface area contributed by atoms with Crippen LogP contribution in [0.25, 0.3) is 0 Å². The molecule has 3 N–H and O–H groups in total. The van der Waals surface area contributed by atoms with Gasteiger partial charge >= 0.3 is 0 Å². The van der Waals surface area contributed by atoms with Crippen LogP contribution in [0.1, 0.15) is 19.3 Å². The summed E-state index contributed by atoms with van der Waals surface area (Å²) >= 11 is 0. The molecule has 0 aromatic heterocycles. The lowest BCUT2D eigenvalue weighted by Crippen LogP contribution is -2.30. The van der Waals surface area contributed by atoms with E-state index in [-0.39, 0.29) is 0 Å². The Kier molecular flexibility index (Phi) is 2.99. The summed E-state index contributed by atoms with van der Waals surface area (Å²) in [6.45, 7) is 2.27. The average molecular weight is 205 g/mol. The number of anilines is 3. The summed E-state index contributed by atoms with van der Waals surface area (Å²) in [6.07, 6.45) is 3.91. The Morgan fingerprint density at radius 2 is 1.93 bits per heavy atom. The zero-order valence-corrected chi connectivity index (χ0v) is 9.29. The fourth-order valence-electron chi connectivity index (χ4n) is 2.11. The molecule has 3 nitrogen and oxygen atoms in total. The molecule has 2 rings (SSSR count). The monoisotopic (exact) mass is 205 g/mol. The zero-order chi connectivity index (χ0) is 10.7. The highest BCUT2D eigenvalue weighted by atomic mass is 15.1. The molecule has 0 saturated carbocycles. The molecular weight excluding hydrogens is 186 g/mol. The zero-order valence-electron chi connectivity index (χ0n) is 9.29. The molecule has 0 aliphatic carbocycles. The highest BCUT2D eigenvalue weighted by Crippen LogP contribution is 2.28. The first-order valence-electron chi connectivity index (χ1n) is 5.63. The quantitative estimate of drug-likeness (QED) is 0.728. The number of benzene rings is 1. The molecular formula is C12H19N3. The average Bonchev–Trinajstić information content (AvgIpc) is 2.31. The van der Waals surface area contributed by atoms with Crippen LogP contribution in [0.4, 0.5) is 17.1 Å². The second-order valence-corrected chi connectivity index (χ2v) is 4.07. The lowest BCUT2D eigenvalue weighted by atomic mass is 10.1. The summed E-state index contributed by atoms with van der Waals surface area (Å²) in [5, 5.41) is 3.15. The van der Waals surface area contributed by atoms with E-state index in [0.717, 1.165) is 24.5 Å². The van der Waals surface area contributed by atoms with Gasteiger partial charge in [-0.1, -0.05) is 0 Å². The summed E-state index contributed by atoms with van der Waals surface area (Å²) in [5.74, 6) is 0. The Morgan fingerprint density at radius 1 is 1.20 bits per heavy atom. The maximum Gasteiger partial charge on any atom is 0.0620 e. The summed E-state index contributed by atoms with van der Waals surface area (Å²) in [7, 11) is 1.94. The second-order valence-electron chi connectivity index (χ2n) is 4.07. The van der Waals surface area contributed by atoms with Crippen molar-refractivity contribution < 1.29 is 0 Å². The number of nitrogens with zero attached hydrogens (tertiary/aromatic N) is 1. The van der Waals surface area contributed by atoms with Crippen LogP contribution in [0.3, 0.4) is 0 Å². The standard InChI is InChI=1S/C12H19N3/c1-14-10-5-6-11(13)12(9-10)15-7-3-2-4-8-15/h5-6,9,14H,2-4,7-8,13H2,1H3. The van der Waals surface area contributed by atoms with Crippen LogP contribution in [0.5, 0.6) is 0 Å². The van der Waals surface area contributed by atoms with Crippen molar-refractivity contribution in [1.29, 1.82) is 0 Å². The van der Waals surface area contributed by atoms with Crippen LogP contribution in [-0.4, -0.2) is 20.1 Å². The fourth-order valence-corrected chi connectivity index (χ4v) is 2.11. The van der Waals surface area contributed by atoms with Gasteiger partial charge in [0.05, 0.1) is 11.4 Å². The number of nitrogens with one attached hydrogen (secondary N) is 1. The number of piperidine rings is 1. The van der Waals surface area contributed by atoms with Crippen LogP contribution in [0, 0.1) is 0 Å². The van der Waals surface area contributed by atoms with Gasteiger partial charge in [0.25, 0.3) is 0 Å². The van der Waals surface area contributed by atoms with E-state index in [4.69, 9.17) is 5.73 Å². The second kappa shape index (κ2) is 4.43. The van der Waals surface area contributed by atoms with E-state index in [0.29, 0.717) is 0 Å². The molecule has 0 spiro atoms. The first kappa shape index (κ1) is 10.1. The van der Waals surface area contributed by atoms with E-state index in [9.17, 15) is 0 Å². The molecule has 0 bridgehead atoms. The smallest absolute Gasteiger partial charge is 0.0620 e. The van der Waals surface area contributed by atoms with Gasteiger partial charge < -0.3 is 16.0 Å². The molecule has 0 atom stereocenters. The third-order valence-corrected chi connectivity index (χ3v) is 3.02. The summed E-state index contributed by atoms with van der Waals surface area (Å²) in [4.78, 5) is 2.39. The maximum atomic E-state index is 6.01. The normalized spacial score (nSPS) is 16.5. The molecule has 0 radical (unpaired) electrons. The Hall–Kier alpha value is -1.38. The van der Waals surface area contributed by atoms with Gasteiger partial charge in [-0.25, -0.2) is 0 Å². The Balaban J connectivity index is 2.24. The van der Waals surface area contributed by atoms with Gasteiger partial charge in [-0.05, 0) is 37.5 Å². The van der Waals surface area contributed by atoms with Gasteiger partial charge in [0, 0.05) is 25.8 Å².